The Balaban J connectivity index is 1.90. The van der Waals surface area contributed by atoms with E-state index in [-0.39, 0.29) is 17.8 Å². The number of ether oxygens (including phenoxy) is 1. The molecule has 0 radical (unpaired) electrons. The van der Waals surface area contributed by atoms with Crippen LogP contribution in [0.5, 0.6) is 0 Å². The molecule has 1 aromatic carbocycles. The highest BCUT2D eigenvalue weighted by Gasteiger charge is 2.16. The van der Waals surface area contributed by atoms with Crippen LogP contribution in [0.15, 0.2) is 34.9 Å². The third kappa shape index (κ3) is 4.07. The summed E-state index contributed by atoms with van der Waals surface area (Å²) in [6.07, 6.45) is 2.32. The van der Waals surface area contributed by atoms with Gasteiger partial charge in [0.2, 0.25) is 0 Å². The Kier molecular flexibility index (Phi) is 5.94. The molecule has 3 aromatic rings. The third-order valence-electron chi connectivity index (χ3n) is 4.39. The number of carbonyl (C=O) groups excluding carboxylic acids is 1. The summed E-state index contributed by atoms with van der Waals surface area (Å²) in [6, 6.07) is 6.45. The van der Waals surface area contributed by atoms with E-state index >= 15 is 0 Å². The normalized spacial score (nSPS) is 12.3. The van der Waals surface area contributed by atoms with Crippen LogP contribution in [0.4, 0.5) is 0 Å². The number of hydrogen-bond acceptors (Lipinski definition) is 6. The quantitative estimate of drug-likeness (QED) is 0.322. The standard InChI is InChI=1S/C20H22N2O2S2/c1-5-14(4)24-17(23)10-26-20-18-16(9-25-19(18)21-11-22-20)15-7-6-12(2)13(3)8-15/h6-9,11,14H,5,10H2,1-4H3. The lowest BCUT2D eigenvalue weighted by Crippen LogP contribution is -2.15. The van der Waals surface area contributed by atoms with E-state index in [4.69, 9.17) is 4.74 Å². The van der Waals surface area contributed by atoms with Crippen LogP contribution in [0.2, 0.25) is 0 Å². The van der Waals surface area contributed by atoms with Gasteiger partial charge in [0.1, 0.15) is 16.2 Å². The zero-order chi connectivity index (χ0) is 18.7. The zero-order valence-corrected chi connectivity index (χ0v) is 17.0. The van der Waals surface area contributed by atoms with E-state index in [0.29, 0.717) is 0 Å². The summed E-state index contributed by atoms with van der Waals surface area (Å²) in [6.45, 7) is 8.13. The van der Waals surface area contributed by atoms with Crippen molar-refractivity contribution in [3.8, 4) is 11.1 Å². The topological polar surface area (TPSA) is 52.1 Å². The molecule has 1 unspecified atom stereocenters. The number of esters is 1. The second-order valence-corrected chi connectivity index (χ2v) is 8.13. The molecular formula is C20H22N2O2S2. The molecule has 0 amide bonds. The van der Waals surface area contributed by atoms with Crippen molar-refractivity contribution in [3.05, 3.63) is 41.0 Å². The molecule has 4 nitrogen and oxygen atoms in total. The number of hydrogen-bond donors (Lipinski definition) is 0. The number of nitrogens with zero attached hydrogens (tertiary/aromatic N) is 2. The molecule has 0 bridgehead atoms. The number of thiophene rings is 1. The summed E-state index contributed by atoms with van der Waals surface area (Å²) in [5, 5.41) is 3.96. The number of rotatable bonds is 6. The highest BCUT2D eigenvalue weighted by Crippen LogP contribution is 2.38. The molecule has 6 heteroatoms. The van der Waals surface area contributed by atoms with Crippen molar-refractivity contribution in [2.45, 2.75) is 45.2 Å². The fraction of sp³-hybridized carbons (Fsp3) is 0.350. The minimum Gasteiger partial charge on any atom is -0.462 e. The minimum absolute atomic E-state index is 0.0549. The van der Waals surface area contributed by atoms with E-state index < -0.39 is 0 Å². The first-order valence-electron chi connectivity index (χ1n) is 8.61. The number of benzene rings is 1. The predicted octanol–water partition coefficient (Wildman–Crippen LogP) is 5.41. The largest absolute Gasteiger partial charge is 0.462 e. The number of aryl methyl sites for hydroxylation is 2. The van der Waals surface area contributed by atoms with Gasteiger partial charge in [-0.15, -0.1) is 11.3 Å². The van der Waals surface area contributed by atoms with E-state index in [0.717, 1.165) is 32.8 Å². The molecule has 136 valence electrons. The van der Waals surface area contributed by atoms with Gasteiger partial charge in [0.25, 0.3) is 0 Å². The van der Waals surface area contributed by atoms with Crippen molar-refractivity contribution in [2.24, 2.45) is 0 Å². The summed E-state index contributed by atoms with van der Waals surface area (Å²) in [5.74, 6) is 0.0395. The monoisotopic (exact) mass is 386 g/mol. The van der Waals surface area contributed by atoms with E-state index in [1.807, 2.05) is 13.8 Å². The predicted molar refractivity (Wildman–Crippen MR) is 109 cm³/mol. The molecular weight excluding hydrogens is 364 g/mol. The van der Waals surface area contributed by atoms with Gasteiger partial charge >= 0.3 is 5.97 Å². The van der Waals surface area contributed by atoms with E-state index in [1.165, 1.54) is 22.9 Å². The van der Waals surface area contributed by atoms with Gasteiger partial charge in [0.15, 0.2) is 0 Å². The van der Waals surface area contributed by atoms with Gasteiger partial charge in [-0.3, -0.25) is 4.79 Å². The molecule has 2 aromatic heterocycles. The second-order valence-electron chi connectivity index (χ2n) is 6.30. The molecule has 0 aliphatic carbocycles. The Labute approximate surface area is 162 Å². The fourth-order valence-corrected chi connectivity index (χ4v) is 4.32. The van der Waals surface area contributed by atoms with Crippen molar-refractivity contribution in [2.75, 3.05) is 5.75 Å². The molecule has 1 atom stereocenters. The van der Waals surface area contributed by atoms with E-state index in [2.05, 4.69) is 47.4 Å². The van der Waals surface area contributed by atoms with Crippen LogP contribution >= 0.6 is 23.1 Å². The molecule has 0 N–H and O–H groups in total. The maximum atomic E-state index is 12.0. The summed E-state index contributed by atoms with van der Waals surface area (Å²) in [4.78, 5) is 21.8. The van der Waals surface area contributed by atoms with Crippen molar-refractivity contribution in [3.63, 3.8) is 0 Å². The maximum Gasteiger partial charge on any atom is 0.316 e. The molecule has 26 heavy (non-hydrogen) atoms. The van der Waals surface area contributed by atoms with Gasteiger partial charge in [-0.1, -0.05) is 36.9 Å². The third-order valence-corrected chi connectivity index (χ3v) is 6.24. The van der Waals surface area contributed by atoms with Crippen LogP contribution in [0.3, 0.4) is 0 Å². The lowest BCUT2D eigenvalue weighted by Gasteiger charge is -2.11. The number of fused-ring (bicyclic) bond motifs is 1. The molecule has 0 saturated heterocycles. The second kappa shape index (κ2) is 8.18. The minimum atomic E-state index is -0.209. The van der Waals surface area contributed by atoms with Crippen LogP contribution in [-0.2, 0) is 9.53 Å². The summed E-state index contributed by atoms with van der Waals surface area (Å²) >= 11 is 3.01. The highest BCUT2D eigenvalue weighted by molar-refractivity contribution is 8.00. The fourth-order valence-electron chi connectivity index (χ4n) is 2.55. The average molecular weight is 387 g/mol. The zero-order valence-electron chi connectivity index (χ0n) is 15.4. The Hall–Kier alpha value is -1.92. The number of aromatic nitrogens is 2. The molecule has 0 aliphatic rings. The van der Waals surface area contributed by atoms with Crippen LogP contribution in [-0.4, -0.2) is 27.8 Å². The SMILES string of the molecule is CCC(C)OC(=O)CSc1ncnc2scc(-c3ccc(C)c(C)c3)c12. The van der Waals surface area contributed by atoms with Gasteiger partial charge < -0.3 is 4.74 Å². The Morgan fingerprint density at radius 3 is 2.81 bits per heavy atom. The lowest BCUT2D eigenvalue weighted by atomic mass is 10.0. The molecule has 3 rings (SSSR count). The van der Waals surface area contributed by atoms with Crippen LogP contribution in [0, 0.1) is 13.8 Å². The van der Waals surface area contributed by atoms with Crippen molar-refractivity contribution < 1.29 is 9.53 Å². The first-order valence-corrected chi connectivity index (χ1v) is 10.5. The Bertz CT molecular complexity index is 937. The number of thioether (sulfide) groups is 1. The number of carbonyl (C=O) groups is 1. The molecule has 0 fully saturated rings. The van der Waals surface area contributed by atoms with E-state index in [1.54, 1.807) is 17.7 Å². The summed E-state index contributed by atoms with van der Waals surface area (Å²) < 4.78 is 5.36. The van der Waals surface area contributed by atoms with Crippen LogP contribution in [0.1, 0.15) is 31.4 Å². The van der Waals surface area contributed by atoms with Crippen molar-refractivity contribution in [1.82, 2.24) is 9.97 Å². The Morgan fingerprint density at radius 1 is 1.27 bits per heavy atom. The van der Waals surface area contributed by atoms with Crippen molar-refractivity contribution >= 4 is 39.3 Å². The van der Waals surface area contributed by atoms with Crippen LogP contribution in [0.25, 0.3) is 21.3 Å². The average Bonchev–Trinajstić information content (AvgIpc) is 3.07. The summed E-state index contributed by atoms with van der Waals surface area (Å²) in [5.41, 5.74) is 4.79. The van der Waals surface area contributed by atoms with Gasteiger partial charge in [-0.2, -0.15) is 0 Å². The molecule has 2 heterocycles. The summed E-state index contributed by atoms with van der Waals surface area (Å²) in [7, 11) is 0. The van der Waals surface area contributed by atoms with Gasteiger partial charge in [0, 0.05) is 10.9 Å². The lowest BCUT2D eigenvalue weighted by molar-refractivity contribution is -0.144. The van der Waals surface area contributed by atoms with Gasteiger partial charge in [-0.25, -0.2) is 9.97 Å². The van der Waals surface area contributed by atoms with Crippen LogP contribution < -0.4 is 0 Å². The smallest absolute Gasteiger partial charge is 0.316 e. The molecule has 0 spiro atoms. The maximum absolute atomic E-state index is 12.0. The molecule has 0 saturated carbocycles. The first-order chi connectivity index (χ1) is 12.5. The Morgan fingerprint density at radius 2 is 2.08 bits per heavy atom. The van der Waals surface area contributed by atoms with Gasteiger partial charge in [0.05, 0.1) is 17.2 Å². The molecule has 0 aliphatic heterocycles. The van der Waals surface area contributed by atoms with Crippen molar-refractivity contribution in [1.29, 1.82) is 0 Å². The van der Waals surface area contributed by atoms with E-state index in [9.17, 15) is 4.79 Å². The first kappa shape index (κ1) is 18.9. The van der Waals surface area contributed by atoms with Gasteiger partial charge in [-0.05, 0) is 43.9 Å². The highest BCUT2D eigenvalue weighted by atomic mass is 32.2.